The zero-order chi connectivity index (χ0) is 15.6. The summed E-state index contributed by atoms with van der Waals surface area (Å²) in [6.45, 7) is 5.30. The Labute approximate surface area is 130 Å². The molecule has 120 valence electrons. The lowest BCUT2D eigenvalue weighted by atomic mass is 10.2. The molecule has 1 atom stereocenters. The number of nitrogens with zero attached hydrogens (tertiary/aromatic N) is 2. The van der Waals surface area contributed by atoms with Crippen LogP contribution in [0.4, 0.5) is 10.8 Å². The van der Waals surface area contributed by atoms with Crippen LogP contribution < -0.4 is 10.6 Å². The first kappa shape index (κ1) is 16.5. The maximum absolute atomic E-state index is 12.6. The first-order chi connectivity index (χ1) is 9.93. The highest BCUT2D eigenvalue weighted by Gasteiger charge is 2.41. The van der Waals surface area contributed by atoms with Crippen LogP contribution in [0.5, 0.6) is 0 Å². The molecule has 0 amide bonds. The topological polar surface area (TPSA) is 85.5 Å². The van der Waals surface area contributed by atoms with Gasteiger partial charge < -0.3 is 15.4 Å². The molecule has 0 bridgehead atoms. The smallest absolute Gasteiger partial charge is 0.187 e. The molecule has 0 radical (unpaired) electrons. The molecule has 2 N–H and O–H groups in total. The van der Waals surface area contributed by atoms with Crippen LogP contribution in [0.2, 0.25) is 0 Å². The fourth-order valence-corrected chi connectivity index (χ4v) is 5.36. The Morgan fingerprint density at radius 3 is 2.71 bits per heavy atom. The van der Waals surface area contributed by atoms with Gasteiger partial charge in [0.05, 0.1) is 11.9 Å². The second kappa shape index (κ2) is 6.50. The maximum atomic E-state index is 12.6. The van der Waals surface area contributed by atoms with Crippen molar-refractivity contribution in [1.29, 1.82) is 0 Å². The van der Waals surface area contributed by atoms with Crippen molar-refractivity contribution in [2.75, 3.05) is 30.9 Å². The number of hydrogen-bond donors (Lipinski definition) is 1. The van der Waals surface area contributed by atoms with Gasteiger partial charge in [-0.1, -0.05) is 6.92 Å². The molecule has 1 aromatic heterocycles. The third kappa shape index (κ3) is 3.32. The van der Waals surface area contributed by atoms with E-state index in [4.69, 9.17) is 10.5 Å². The van der Waals surface area contributed by atoms with Crippen LogP contribution in [-0.4, -0.2) is 44.3 Å². The molecule has 1 unspecified atom stereocenters. The van der Waals surface area contributed by atoms with E-state index in [1.165, 1.54) is 11.5 Å². The van der Waals surface area contributed by atoms with E-state index >= 15 is 0 Å². The van der Waals surface area contributed by atoms with Crippen molar-refractivity contribution < 1.29 is 13.2 Å². The molecule has 6 nitrogen and oxygen atoms in total. The number of sulfone groups is 1. The highest BCUT2D eigenvalue weighted by molar-refractivity contribution is 7.92. The van der Waals surface area contributed by atoms with E-state index in [1.807, 2.05) is 4.90 Å². The summed E-state index contributed by atoms with van der Waals surface area (Å²) in [5.74, 6) is 0.132. The second-order valence-corrected chi connectivity index (χ2v) is 8.31. The molecule has 1 aromatic rings. The van der Waals surface area contributed by atoms with Crippen LogP contribution in [0.3, 0.4) is 0 Å². The van der Waals surface area contributed by atoms with E-state index in [9.17, 15) is 8.42 Å². The molecule has 1 aliphatic carbocycles. The molecule has 0 saturated heterocycles. The van der Waals surface area contributed by atoms with Gasteiger partial charge in [0.2, 0.25) is 0 Å². The molecule has 1 fully saturated rings. The molecule has 2 rings (SSSR count). The van der Waals surface area contributed by atoms with Crippen molar-refractivity contribution in [2.24, 2.45) is 0 Å². The molecule has 8 heteroatoms. The SMILES string of the molecule is CCC(C)N(CCOC)c1snc(N)c1S(=O)(=O)C1CC1. The number of rotatable bonds is 8. The largest absolute Gasteiger partial charge is 0.383 e. The summed E-state index contributed by atoms with van der Waals surface area (Å²) in [7, 11) is -1.72. The number of ether oxygens (including phenoxy) is 1. The summed E-state index contributed by atoms with van der Waals surface area (Å²) in [5, 5.41) is 0.377. The van der Waals surface area contributed by atoms with Gasteiger partial charge in [0.25, 0.3) is 0 Å². The fraction of sp³-hybridized carbons (Fsp3) is 0.769. The first-order valence-corrected chi connectivity index (χ1v) is 9.50. The Bertz CT molecular complexity index is 581. The number of hydrogen-bond acceptors (Lipinski definition) is 7. The molecule has 1 saturated carbocycles. The zero-order valence-electron chi connectivity index (χ0n) is 12.7. The molecular weight excluding hydrogens is 310 g/mol. The summed E-state index contributed by atoms with van der Waals surface area (Å²) >= 11 is 1.17. The number of aromatic nitrogens is 1. The lowest BCUT2D eigenvalue weighted by molar-refractivity contribution is 0.203. The van der Waals surface area contributed by atoms with Gasteiger partial charge in [-0.15, -0.1) is 0 Å². The standard InChI is InChI=1S/C13H23N3O3S2/c1-4-9(2)16(7-8-19-3)13-11(12(14)15-20-13)21(17,18)10-5-6-10/h9-10H,4-8H2,1-3H3,(H2,14,15). The average Bonchev–Trinajstić information content (AvgIpc) is 3.23. The molecule has 1 aliphatic rings. The quantitative estimate of drug-likeness (QED) is 0.782. The zero-order valence-corrected chi connectivity index (χ0v) is 14.3. The summed E-state index contributed by atoms with van der Waals surface area (Å²) < 4.78 is 34.5. The van der Waals surface area contributed by atoms with Gasteiger partial charge >= 0.3 is 0 Å². The third-order valence-corrected chi connectivity index (χ3v) is 7.17. The van der Waals surface area contributed by atoms with Crippen LogP contribution in [0.15, 0.2) is 4.90 Å². The molecular formula is C13H23N3O3S2. The second-order valence-electron chi connectivity index (χ2n) is 5.39. The lowest BCUT2D eigenvalue weighted by Crippen LogP contribution is -2.35. The number of methoxy groups -OCH3 is 1. The van der Waals surface area contributed by atoms with Gasteiger partial charge in [-0.2, -0.15) is 4.37 Å². The van der Waals surface area contributed by atoms with Crippen molar-refractivity contribution in [2.45, 2.75) is 49.3 Å². The monoisotopic (exact) mass is 333 g/mol. The van der Waals surface area contributed by atoms with Gasteiger partial charge in [0.15, 0.2) is 15.7 Å². The van der Waals surface area contributed by atoms with Gasteiger partial charge in [-0.3, -0.25) is 0 Å². The van der Waals surface area contributed by atoms with Gasteiger partial charge in [0, 0.05) is 19.7 Å². The highest BCUT2D eigenvalue weighted by Crippen LogP contribution is 2.43. The minimum Gasteiger partial charge on any atom is -0.383 e. The van der Waals surface area contributed by atoms with Crippen LogP contribution in [0.25, 0.3) is 0 Å². The van der Waals surface area contributed by atoms with E-state index in [-0.39, 0.29) is 22.0 Å². The number of anilines is 2. The normalized spacial score (nSPS) is 16.9. The van der Waals surface area contributed by atoms with Crippen LogP contribution >= 0.6 is 11.5 Å². The van der Waals surface area contributed by atoms with Crippen molar-refractivity contribution >= 4 is 32.2 Å². The predicted octanol–water partition coefficient (Wildman–Crippen LogP) is 1.91. The Morgan fingerprint density at radius 2 is 2.19 bits per heavy atom. The summed E-state index contributed by atoms with van der Waals surface area (Å²) in [4.78, 5) is 2.28. The van der Waals surface area contributed by atoms with E-state index in [0.29, 0.717) is 18.2 Å². The van der Waals surface area contributed by atoms with Crippen molar-refractivity contribution in [3.05, 3.63) is 0 Å². The van der Waals surface area contributed by atoms with Crippen LogP contribution in [0, 0.1) is 0 Å². The summed E-state index contributed by atoms with van der Waals surface area (Å²) in [5.41, 5.74) is 5.86. The Hall–Kier alpha value is -0.860. The highest BCUT2D eigenvalue weighted by atomic mass is 32.2. The third-order valence-electron chi connectivity index (χ3n) is 3.83. The summed E-state index contributed by atoms with van der Waals surface area (Å²) in [6.07, 6.45) is 2.35. The van der Waals surface area contributed by atoms with E-state index < -0.39 is 9.84 Å². The van der Waals surface area contributed by atoms with E-state index in [1.54, 1.807) is 7.11 Å². The van der Waals surface area contributed by atoms with E-state index in [2.05, 4.69) is 18.2 Å². The average molecular weight is 333 g/mol. The number of nitrogen functional groups attached to an aromatic ring is 1. The van der Waals surface area contributed by atoms with Crippen molar-refractivity contribution in [3.63, 3.8) is 0 Å². The van der Waals surface area contributed by atoms with Crippen molar-refractivity contribution in [1.82, 2.24) is 4.37 Å². The molecule has 21 heavy (non-hydrogen) atoms. The van der Waals surface area contributed by atoms with Crippen LogP contribution in [0.1, 0.15) is 33.1 Å². The van der Waals surface area contributed by atoms with Crippen LogP contribution in [-0.2, 0) is 14.6 Å². The molecule has 1 heterocycles. The Morgan fingerprint density at radius 1 is 1.52 bits per heavy atom. The van der Waals surface area contributed by atoms with Gasteiger partial charge in [-0.25, -0.2) is 8.42 Å². The first-order valence-electron chi connectivity index (χ1n) is 7.18. The fourth-order valence-electron chi connectivity index (χ4n) is 2.21. The van der Waals surface area contributed by atoms with Gasteiger partial charge in [0.1, 0.15) is 9.90 Å². The maximum Gasteiger partial charge on any atom is 0.187 e. The summed E-state index contributed by atoms with van der Waals surface area (Å²) in [6, 6.07) is 0.202. The Kier molecular flexibility index (Phi) is 5.11. The minimum absolute atomic E-state index is 0.132. The lowest BCUT2D eigenvalue weighted by Gasteiger charge is -2.29. The number of nitrogens with two attached hydrogens (primary N) is 1. The van der Waals surface area contributed by atoms with Crippen molar-refractivity contribution in [3.8, 4) is 0 Å². The van der Waals surface area contributed by atoms with Gasteiger partial charge in [-0.05, 0) is 37.7 Å². The molecule has 0 aromatic carbocycles. The Balaban J connectivity index is 2.41. The predicted molar refractivity (Wildman–Crippen MR) is 85.7 cm³/mol. The van der Waals surface area contributed by atoms with E-state index in [0.717, 1.165) is 19.3 Å². The minimum atomic E-state index is -3.36. The molecule has 0 aliphatic heterocycles. The molecule has 0 spiro atoms.